The molecule has 1 aromatic carbocycles. The number of halogens is 2. The molecule has 1 saturated heterocycles. The maximum Gasteiger partial charge on any atom is 0.325 e. The van der Waals surface area contributed by atoms with Crippen molar-refractivity contribution in [2.75, 3.05) is 13.2 Å². The quantitative estimate of drug-likeness (QED) is 0.664. The fourth-order valence-electron chi connectivity index (χ4n) is 3.23. The summed E-state index contributed by atoms with van der Waals surface area (Å²) >= 11 is 12.0. The number of nitrogens with zero attached hydrogens (tertiary/aromatic N) is 1. The van der Waals surface area contributed by atoms with Crippen molar-refractivity contribution in [1.82, 2.24) is 10.2 Å². The lowest BCUT2D eigenvalue weighted by molar-refractivity contribution is -0.132. The van der Waals surface area contributed by atoms with Gasteiger partial charge < -0.3 is 10.1 Å². The maximum atomic E-state index is 12.9. The van der Waals surface area contributed by atoms with Crippen LogP contribution < -0.4 is 10.1 Å². The van der Waals surface area contributed by atoms with Crippen LogP contribution in [0.5, 0.6) is 5.75 Å². The van der Waals surface area contributed by atoms with Crippen LogP contribution in [0.2, 0.25) is 0 Å². The van der Waals surface area contributed by atoms with Crippen molar-refractivity contribution < 1.29 is 14.3 Å². The van der Waals surface area contributed by atoms with Crippen molar-refractivity contribution in [1.29, 1.82) is 0 Å². The Kier molecular flexibility index (Phi) is 2.91. The highest BCUT2D eigenvalue weighted by molar-refractivity contribution is 6.50. The molecule has 2 atom stereocenters. The van der Waals surface area contributed by atoms with Gasteiger partial charge in [0.05, 0.1) is 6.61 Å². The largest absolute Gasteiger partial charge is 0.493 e. The van der Waals surface area contributed by atoms with E-state index in [4.69, 9.17) is 27.9 Å². The maximum absolute atomic E-state index is 12.9. The molecule has 4 rings (SSSR count). The minimum absolute atomic E-state index is 0.0595. The second-order valence-electron chi connectivity index (χ2n) is 6.01. The molecule has 2 heterocycles. The number of hydrogen-bond acceptors (Lipinski definition) is 3. The number of ether oxygens (including phenoxy) is 1. The van der Waals surface area contributed by atoms with E-state index in [2.05, 4.69) is 5.32 Å². The van der Waals surface area contributed by atoms with Gasteiger partial charge in [0, 0.05) is 24.4 Å². The summed E-state index contributed by atoms with van der Waals surface area (Å²) in [5, 5.41) is 2.86. The van der Waals surface area contributed by atoms with Crippen molar-refractivity contribution >= 4 is 35.1 Å². The van der Waals surface area contributed by atoms with Gasteiger partial charge in [-0.3, -0.25) is 9.69 Å². The van der Waals surface area contributed by atoms with Crippen LogP contribution in [0.25, 0.3) is 0 Å². The first-order chi connectivity index (χ1) is 10.4. The van der Waals surface area contributed by atoms with Crippen molar-refractivity contribution in [3.63, 3.8) is 0 Å². The van der Waals surface area contributed by atoms with E-state index >= 15 is 0 Å². The summed E-state index contributed by atoms with van der Waals surface area (Å²) in [4.78, 5) is 26.5. The van der Waals surface area contributed by atoms with Gasteiger partial charge in [-0.1, -0.05) is 18.2 Å². The van der Waals surface area contributed by atoms with Gasteiger partial charge in [0.15, 0.2) is 5.54 Å². The summed E-state index contributed by atoms with van der Waals surface area (Å²) in [6, 6.07) is 6.91. The van der Waals surface area contributed by atoms with E-state index in [-0.39, 0.29) is 18.4 Å². The van der Waals surface area contributed by atoms with E-state index < -0.39 is 15.9 Å². The SMILES string of the molecule is O=C1N[C@@]2(CCOc3ccccc32)C(=O)N1C[C@H]1CC1(Cl)Cl. The Morgan fingerprint density at radius 2 is 2.05 bits per heavy atom. The number of hydrogen-bond donors (Lipinski definition) is 1. The van der Waals surface area contributed by atoms with E-state index in [1.165, 1.54) is 4.90 Å². The van der Waals surface area contributed by atoms with Crippen LogP contribution in [0, 0.1) is 5.92 Å². The van der Waals surface area contributed by atoms with Gasteiger partial charge in [0.2, 0.25) is 0 Å². The molecule has 1 saturated carbocycles. The van der Waals surface area contributed by atoms with Crippen LogP contribution in [0.3, 0.4) is 0 Å². The molecule has 1 aromatic rings. The predicted octanol–water partition coefficient (Wildman–Crippen LogP) is 2.41. The average molecular weight is 341 g/mol. The number of carbonyl (C=O) groups is 2. The Balaban J connectivity index is 1.67. The fraction of sp³-hybridized carbons (Fsp3) is 0.467. The molecule has 2 fully saturated rings. The third-order valence-corrected chi connectivity index (χ3v) is 5.54. The molecule has 1 spiro atoms. The number of para-hydroxylation sites is 1. The minimum atomic E-state index is -1.03. The number of benzene rings is 1. The number of alkyl halides is 2. The smallest absolute Gasteiger partial charge is 0.325 e. The summed E-state index contributed by atoms with van der Waals surface area (Å²) in [6.45, 7) is 0.637. The molecule has 0 bridgehead atoms. The first kappa shape index (κ1) is 14.2. The first-order valence-corrected chi connectivity index (χ1v) is 7.94. The predicted molar refractivity (Wildman–Crippen MR) is 81.0 cm³/mol. The summed E-state index contributed by atoms with van der Waals surface area (Å²) in [7, 11) is 0. The molecule has 7 heteroatoms. The zero-order chi connectivity index (χ0) is 15.5. The van der Waals surface area contributed by atoms with E-state index in [9.17, 15) is 9.59 Å². The normalized spacial score (nSPS) is 31.7. The van der Waals surface area contributed by atoms with Crippen molar-refractivity contribution in [3.8, 4) is 5.75 Å². The van der Waals surface area contributed by atoms with Crippen molar-refractivity contribution in [3.05, 3.63) is 29.8 Å². The number of amides is 3. The second kappa shape index (κ2) is 4.52. The standard InChI is InChI=1S/C15H14Cl2N2O3/c16-15(17)7-9(15)8-19-12(20)14(18-13(19)21)5-6-22-11-4-2-1-3-10(11)14/h1-4,9H,5-8H2,(H,18,21)/t9-,14-/m1/s1. The van der Waals surface area contributed by atoms with Crippen LogP contribution in [-0.2, 0) is 10.3 Å². The molecule has 2 aliphatic heterocycles. The van der Waals surface area contributed by atoms with Crippen molar-refractivity contribution in [2.24, 2.45) is 5.92 Å². The Hall–Kier alpha value is -1.46. The third-order valence-electron chi connectivity index (χ3n) is 4.62. The van der Waals surface area contributed by atoms with E-state index in [1.54, 1.807) is 0 Å². The number of imide groups is 1. The average Bonchev–Trinajstić information content (AvgIpc) is 3.03. The van der Waals surface area contributed by atoms with Gasteiger partial charge in [0.1, 0.15) is 10.1 Å². The van der Waals surface area contributed by atoms with Crippen LogP contribution in [0.15, 0.2) is 24.3 Å². The molecule has 3 amide bonds. The highest BCUT2D eigenvalue weighted by Gasteiger charge is 2.59. The van der Waals surface area contributed by atoms with Crippen LogP contribution in [-0.4, -0.2) is 34.3 Å². The Morgan fingerprint density at radius 3 is 2.77 bits per heavy atom. The summed E-state index contributed by atoms with van der Waals surface area (Å²) in [5.74, 6) is 0.333. The third kappa shape index (κ3) is 1.92. The van der Waals surface area contributed by atoms with Crippen LogP contribution >= 0.6 is 23.2 Å². The molecule has 5 nitrogen and oxygen atoms in total. The zero-order valence-electron chi connectivity index (χ0n) is 11.6. The molecule has 22 heavy (non-hydrogen) atoms. The molecule has 0 unspecified atom stereocenters. The lowest BCUT2D eigenvalue weighted by Gasteiger charge is -2.33. The van der Waals surface area contributed by atoms with Gasteiger partial charge in [-0.25, -0.2) is 4.79 Å². The second-order valence-corrected chi connectivity index (χ2v) is 7.55. The van der Waals surface area contributed by atoms with Gasteiger partial charge in [-0.05, 0) is 12.5 Å². The first-order valence-electron chi connectivity index (χ1n) is 7.18. The number of nitrogens with one attached hydrogen (secondary N) is 1. The summed E-state index contributed by atoms with van der Waals surface area (Å²) in [5.41, 5.74) is -0.317. The van der Waals surface area contributed by atoms with E-state index in [0.29, 0.717) is 30.8 Å². The molecule has 1 N–H and O–H groups in total. The topological polar surface area (TPSA) is 58.6 Å². The summed E-state index contributed by atoms with van der Waals surface area (Å²) < 4.78 is 4.78. The van der Waals surface area contributed by atoms with Crippen LogP contribution in [0.1, 0.15) is 18.4 Å². The van der Waals surface area contributed by atoms with Gasteiger partial charge in [-0.2, -0.15) is 0 Å². The molecular weight excluding hydrogens is 327 g/mol. The van der Waals surface area contributed by atoms with Crippen molar-refractivity contribution in [2.45, 2.75) is 22.7 Å². The molecule has 116 valence electrons. The highest BCUT2D eigenvalue weighted by atomic mass is 35.5. The molecule has 0 radical (unpaired) electrons. The lowest BCUT2D eigenvalue weighted by Crippen LogP contribution is -2.47. The number of urea groups is 1. The number of rotatable bonds is 2. The fourth-order valence-corrected chi connectivity index (χ4v) is 3.74. The Bertz CT molecular complexity index is 679. The Labute approximate surface area is 137 Å². The molecule has 1 aliphatic carbocycles. The van der Waals surface area contributed by atoms with Gasteiger partial charge in [0.25, 0.3) is 5.91 Å². The van der Waals surface area contributed by atoms with Gasteiger partial charge in [-0.15, -0.1) is 23.2 Å². The van der Waals surface area contributed by atoms with E-state index in [0.717, 1.165) is 0 Å². The van der Waals surface area contributed by atoms with Gasteiger partial charge >= 0.3 is 6.03 Å². The summed E-state index contributed by atoms with van der Waals surface area (Å²) in [6.07, 6.45) is 1.02. The molecular formula is C15H14Cl2N2O3. The monoisotopic (exact) mass is 340 g/mol. The van der Waals surface area contributed by atoms with Crippen LogP contribution in [0.4, 0.5) is 4.79 Å². The molecule has 0 aromatic heterocycles. The lowest BCUT2D eigenvalue weighted by atomic mass is 9.84. The number of carbonyl (C=O) groups excluding carboxylic acids is 2. The van der Waals surface area contributed by atoms with E-state index in [1.807, 2.05) is 24.3 Å². The molecule has 3 aliphatic rings. The zero-order valence-corrected chi connectivity index (χ0v) is 13.2. The minimum Gasteiger partial charge on any atom is -0.493 e. The Morgan fingerprint density at radius 1 is 1.32 bits per heavy atom. The highest BCUT2D eigenvalue weighted by Crippen LogP contribution is 2.54. The number of fused-ring (bicyclic) bond motifs is 2.